The smallest absolute Gasteiger partial charge is 0.326 e. The molecule has 0 saturated carbocycles. The number of methoxy groups -OCH3 is 1. The van der Waals surface area contributed by atoms with Crippen molar-refractivity contribution in [3.05, 3.63) is 34.1 Å². The highest BCUT2D eigenvalue weighted by molar-refractivity contribution is 9.10. The first-order valence-corrected chi connectivity index (χ1v) is 6.72. The molecule has 1 aromatic carbocycles. The van der Waals surface area contributed by atoms with E-state index in [1.54, 1.807) is 0 Å². The van der Waals surface area contributed by atoms with E-state index >= 15 is 0 Å². The minimum absolute atomic E-state index is 0.189. The molecule has 110 valence electrons. The Morgan fingerprint density at radius 3 is 2.75 bits per heavy atom. The number of nitrogens with one attached hydrogen (secondary N) is 1. The van der Waals surface area contributed by atoms with E-state index < -0.39 is 23.7 Å². The summed E-state index contributed by atoms with van der Waals surface area (Å²) < 4.78 is 18.9. The van der Waals surface area contributed by atoms with Crippen LogP contribution >= 0.6 is 15.9 Å². The SMILES string of the molecule is COCCCC(NC(=O)c1ccc(Br)cc1F)C(=O)O. The monoisotopic (exact) mass is 347 g/mol. The topological polar surface area (TPSA) is 75.6 Å². The fourth-order valence-corrected chi connectivity index (χ4v) is 1.93. The van der Waals surface area contributed by atoms with Crippen LogP contribution in [0.15, 0.2) is 22.7 Å². The molecule has 0 spiro atoms. The summed E-state index contributed by atoms with van der Waals surface area (Å²) in [5.41, 5.74) is -0.189. The number of ether oxygens (including phenoxy) is 1. The Kier molecular flexibility index (Phi) is 6.60. The predicted molar refractivity (Wildman–Crippen MR) is 74.1 cm³/mol. The zero-order valence-electron chi connectivity index (χ0n) is 10.9. The number of aliphatic carboxylic acids is 1. The fourth-order valence-electron chi connectivity index (χ4n) is 1.60. The van der Waals surface area contributed by atoms with Gasteiger partial charge in [0.2, 0.25) is 0 Å². The van der Waals surface area contributed by atoms with E-state index in [0.29, 0.717) is 17.5 Å². The molecule has 0 bridgehead atoms. The zero-order valence-corrected chi connectivity index (χ0v) is 12.4. The van der Waals surface area contributed by atoms with Crippen molar-refractivity contribution in [1.29, 1.82) is 0 Å². The second-order valence-corrected chi connectivity index (χ2v) is 5.04. The van der Waals surface area contributed by atoms with Crippen LogP contribution in [-0.4, -0.2) is 36.7 Å². The number of benzene rings is 1. The second kappa shape index (κ2) is 7.96. The Morgan fingerprint density at radius 2 is 2.20 bits per heavy atom. The van der Waals surface area contributed by atoms with Crippen molar-refractivity contribution >= 4 is 27.8 Å². The maximum atomic E-state index is 13.6. The number of halogens is 2. The summed E-state index contributed by atoms with van der Waals surface area (Å²) in [5.74, 6) is -2.62. The van der Waals surface area contributed by atoms with Crippen molar-refractivity contribution < 1.29 is 23.8 Å². The lowest BCUT2D eigenvalue weighted by molar-refractivity contribution is -0.139. The Morgan fingerprint density at radius 1 is 1.50 bits per heavy atom. The molecule has 0 aromatic heterocycles. The molecule has 2 N–H and O–H groups in total. The van der Waals surface area contributed by atoms with Gasteiger partial charge in [-0.3, -0.25) is 4.79 Å². The molecule has 0 heterocycles. The van der Waals surface area contributed by atoms with Gasteiger partial charge in [-0.1, -0.05) is 15.9 Å². The highest BCUT2D eigenvalue weighted by Crippen LogP contribution is 2.15. The molecule has 7 heteroatoms. The van der Waals surface area contributed by atoms with Crippen LogP contribution in [0.1, 0.15) is 23.2 Å². The van der Waals surface area contributed by atoms with E-state index in [1.807, 2.05) is 0 Å². The van der Waals surface area contributed by atoms with Gasteiger partial charge in [0.05, 0.1) is 5.56 Å². The van der Waals surface area contributed by atoms with Crippen molar-refractivity contribution in [3.63, 3.8) is 0 Å². The zero-order chi connectivity index (χ0) is 15.1. The quantitative estimate of drug-likeness (QED) is 0.741. The lowest BCUT2D eigenvalue weighted by Gasteiger charge is -2.14. The molecule has 5 nitrogen and oxygen atoms in total. The van der Waals surface area contributed by atoms with Gasteiger partial charge in [-0.15, -0.1) is 0 Å². The molecular weight excluding hydrogens is 333 g/mol. The lowest BCUT2D eigenvalue weighted by Crippen LogP contribution is -2.41. The second-order valence-electron chi connectivity index (χ2n) is 4.12. The van der Waals surface area contributed by atoms with E-state index in [4.69, 9.17) is 9.84 Å². The Balaban J connectivity index is 2.72. The number of amides is 1. The highest BCUT2D eigenvalue weighted by Gasteiger charge is 2.21. The summed E-state index contributed by atoms with van der Waals surface area (Å²) in [6.45, 7) is 0.395. The van der Waals surface area contributed by atoms with Crippen molar-refractivity contribution in [1.82, 2.24) is 5.32 Å². The van der Waals surface area contributed by atoms with Crippen LogP contribution < -0.4 is 5.32 Å². The van der Waals surface area contributed by atoms with E-state index in [9.17, 15) is 14.0 Å². The first-order chi connectivity index (χ1) is 9.45. The molecular formula is C13H15BrFNO4. The lowest BCUT2D eigenvalue weighted by atomic mass is 10.1. The molecule has 0 aliphatic carbocycles. The summed E-state index contributed by atoms with van der Waals surface area (Å²) in [4.78, 5) is 22.9. The maximum absolute atomic E-state index is 13.6. The molecule has 1 atom stereocenters. The molecule has 1 rings (SSSR count). The van der Waals surface area contributed by atoms with Gasteiger partial charge in [0.25, 0.3) is 5.91 Å². The Bertz CT molecular complexity index is 495. The molecule has 1 unspecified atom stereocenters. The van der Waals surface area contributed by atoms with Crippen molar-refractivity contribution in [2.24, 2.45) is 0 Å². The van der Waals surface area contributed by atoms with Crippen molar-refractivity contribution in [2.75, 3.05) is 13.7 Å². The third-order valence-corrected chi connectivity index (χ3v) is 3.11. The Labute approximate surface area is 124 Å². The number of carbonyl (C=O) groups is 2. The molecule has 0 aliphatic rings. The number of carboxylic acids is 1. The van der Waals surface area contributed by atoms with Crippen LogP contribution in [0.5, 0.6) is 0 Å². The number of carbonyl (C=O) groups excluding carboxylic acids is 1. The normalized spacial score (nSPS) is 11.9. The van der Waals surface area contributed by atoms with Crippen LogP contribution in [0, 0.1) is 5.82 Å². The van der Waals surface area contributed by atoms with E-state index in [0.717, 1.165) is 6.07 Å². The predicted octanol–water partition coefficient (Wildman–Crippen LogP) is 2.20. The van der Waals surface area contributed by atoms with Gasteiger partial charge in [0, 0.05) is 18.2 Å². The van der Waals surface area contributed by atoms with E-state index in [1.165, 1.54) is 19.2 Å². The Hall–Kier alpha value is -1.47. The number of rotatable bonds is 7. The fraction of sp³-hybridized carbons (Fsp3) is 0.385. The third-order valence-electron chi connectivity index (χ3n) is 2.62. The van der Waals surface area contributed by atoms with Gasteiger partial charge in [0.15, 0.2) is 0 Å². The summed E-state index contributed by atoms with van der Waals surface area (Å²) in [6.07, 6.45) is 0.698. The van der Waals surface area contributed by atoms with Crippen LogP contribution in [-0.2, 0) is 9.53 Å². The largest absolute Gasteiger partial charge is 0.480 e. The average molecular weight is 348 g/mol. The molecule has 1 aromatic rings. The summed E-state index contributed by atoms with van der Waals surface area (Å²) in [6, 6.07) is 2.89. The highest BCUT2D eigenvalue weighted by atomic mass is 79.9. The molecule has 0 saturated heterocycles. The molecule has 0 fully saturated rings. The number of hydrogen-bond donors (Lipinski definition) is 2. The molecule has 1 amide bonds. The summed E-state index contributed by atoms with van der Waals surface area (Å²) in [7, 11) is 1.51. The summed E-state index contributed by atoms with van der Waals surface area (Å²) >= 11 is 3.08. The van der Waals surface area contributed by atoms with Crippen LogP contribution in [0.3, 0.4) is 0 Å². The van der Waals surface area contributed by atoms with Gasteiger partial charge >= 0.3 is 5.97 Å². The third kappa shape index (κ3) is 4.90. The number of carboxylic acid groups (broad SMARTS) is 1. The minimum Gasteiger partial charge on any atom is -0.480 e. The average Bonchev–Trinajstić information content (AvgIpc) is 2.37. The molecule has 0 radical (unpaired) electrons. The maximum Gasteiger partial charge on any atom is 0.326 e. The van der Waals surface area contributed by atoms with Crippen molar-refractivity contribution in [3.8, 4) is 0 Å². The van der Waals surface area contributed by atoms with Crippen LogP contribution in [0.4, 0.5) is 4.39 Å². The van der Waals surface area contributed by atoms with E-state index in [2.05, 4.69) is 21.2 Å². The van der Waals surface area contributed by atoms with Gasteiger partial charge < -0.3 is 15.2 Å². The van der Waals surface area contributed by atoms with Crippen LogP contribution in [0.25, 0.3) is 0 Å². The minimum atomic E-state index is -1.16. The molecule has 0 aliphatic heterocycles. The summed E-state index contributed by atoms with van der Waals surface area (Å²) in [5, 5.41) is 11.3. The first kappa shape index (κ1) is 16.6. The van der Waals surface area contributed by atoms with Gasteiger partial charge in [-0.2, -0.15) is 0 Å². The van der Waals surface area contributed by atoms with Gasteiger partial charge in [-0.25, -0.2) is 9.18 Å². The first-order valence-electron chi connectivity index (χ1n) is 5.93. The standard InChI is InChI=1S/C13H15BrFNO4/c1-20-6-2-3-11(13(18)19)16-12(17)9-5-4-8(14)7-10(9)15/h4-5,7,11H,2-3,6H2,1H3,(H,16,17)(H,18,19). The van der Waals surface area contributed by atoms with Gasteiger partial charge in [0.1, 0.15) is 11.9 Å². The van der Waals surface area contributed by atoms with E-state index in [-0.39, 0.29) is 12.0 Å². The number of hydrogen-bond acceptors (Lipinski definition) is 3. The molecule has 20 heavy (non-hydrogen) atoms. The van der Waals surface area contributed by atoms with Crippen LogP contribution in [0.2, 0.25) is 0 Å². The van der Waals surface area contributed by atoms with Crippen molar-refractivity contribution in [2.45, 2.75) is 18.9 Å². The van der Waals surface area contributed by atoms with Gasteiger partial charge in [-0.05, 0) is 31.0 Å².